The van der Waals surface area contributed by atoms with E-state index in [4.69, 9.17) is 16.0 Å². The minimum Gasteiger partial charge on any atom is -0.461 e. The Kier molecular flexibility index (Phi) is 4.29. The van der Waals surface area contributed by atoms with Gasteiger partial charge in [0.15, 0.2) is 11.4 Å². The van der Waals surface area contributed by atoms with E-state index in [9.17, 15) is 4.79 Å². The predicted octanol–water partition coefficient (Wildman–Crippen LogP) is 4.94. The van der Waals surface area contributed by atoms with Crippen LogP contribution in [-0.4, -0.2) is 19.2 Å². The van der Waals surface area contributed by atoms with Crippen LogP contribution in [0.3, 0.4) is 0 Å². The zero-order chi connectivity index (χ0) is 20.1. The maximum Gasteiger partial charge on any atom is 0.352 e. The molecule has 5 rings (SSSR count). The first-order valence-electron chi connectivity index (χ1n) is 9.27. The van der Waals surface area contributed by atoms with Crippen molar-refractivity contribution in [3.63, 3.8) is 0 Å². The molecule has 0 unspecified atom stereocenters. The highest BCUT2D eigenvalue weighted by Crippen LogP contribution is 2.34. The van der Waals surface area contributed by atoms with Gasteiger partial charge in [0, 0.05) is 9.90 Å². The van der Waals surface area contributed by atoms with Gasteiger partial charge in [0.2, 0.25) is 5.82 Å². The molecule has 0 fully saturated rings. The number of fused-ring (bicyclic) bond motifs is 3. The van der Waals surface area contributed by atoms with E-state index in [1.165, 1.54) is 15.0 Å². The van der Waals surface area contributed by atoms with Crippen molar-refractivity contribution in [3.8, 4) is 11.6 Å². The van der Waals surface area contributed by atoms with Crippen molar-refractivity contribution in [2.24, 2.45) is 0 Å². The largest absolute Gasteiger partial charge is 0.461 e. The first-order valence-corrected chi connectivity index (χ1v) is 10.5. The third-order valence-electron chi connectivity index (χ3n) is 5.06. The normalized spacial score (nSPS) is 11.7. The highest BCUT2D eigenvalue weighted by molar-refractivity contribution is 7.19. The van der Waals surface area contributed by atoms with Crippen molar-refractivity contribution in [2.75, 3.05) is 0 Å². The molecule has 1 aromatic carbocycles. The van der Waals surface area contributed by atoms with Gasteiger partial charge < -0.3 is 4.42 Å². The smallest absolute Gasteiger partial charge is 0.352 e. The summed E-state index contributed by atoms with van der Waals surface area (Å²) >= 11 is 7.98. The van der Waals surface area contributed by atoms with Gasteiger partial charge in [-0.15, -0.1) is 16.4 Å². The van der Waals surface area contributed by atoms with Gasteiger partial charge in [-0.2, -0.15) is 4.52 Å². The van der Waals surface area contributed by atoms with Gasteiger partial charge in [0.1, 0.15) is 4.83 Å². The number of hydrogen-bond acceptors (Lipinski definition) is 5. The number of aromatic nitrogens is 4. The molecule has 0 atom stereocenters. The standard InChI is InChI=1S/C21H17ClN4O2S/c1-3-14-12(2)29-20-17(14)19-23-18(16-9-6-10-28-16)24-26(19)21(27)25(20)11-13-7-4-5-8-15(13)22/h4-10H,3,11H2,1-2H3. The van der Waals surface area contributed by atoms with Crippen molar-refractivity contribution >= 4 is 38.8 Å². The second-order valence-electron chi connectivity index (χ2n) is 6.78. The van der Waals surface area contributed by atoms with Crippen LogP contribution >= 0.6 is 22.9 Å². The number of furan rings is 1. The number of thiophene rings is 1. The lowest BCUT2D eigenvalue weighted by Crippen LogP contribution is -2.28. The summed E-state index contributed by atoms with van der Waals surface area (Å²) in [7, 11) is 0. The van der Waals surface area contributed by atoms with Crippen molar-refractivity contribution in [2.45, 2.75) is 26.8 Å². The minimum absolute atomic E-state index is 0.248. The fourth-order valence-corrected chi connectivity index (χ4v) is 5.09. The number of aryl methyl sites for hydroxylation is 2. The summed E-state index contributed by atoms with van der Waals surface area (Å²) in [6, 6.07) is 11.1. The highest BCUT2D eigenvalue weighted by Gasteiger charge is 2.22. The van der Waals surface area contributed by atoms with Gasteiger partial charge >= 0.3 is 5.69 Å². The van der Waals surface area contributed by atoms with Gasteiger partial charge in [-0.3, -0.25) is 4.57 Å². The van der Waals surface area contributed by atoms with Crippen LogP contribution in [-0.2, 0) is 13.0 Å². The molecule has 0 radical (unpaired) electrons. The van der Waals surface area contributed by atoms with E-state index in [2.05, 4.69) is 23.9 Å². The van der Waals surface area contributed by atoms with Crippen LogP contribution in [0.2, 0.25) is 5.02 Å². The maximum absolute atomic E-state index is 13.4. The molecule has 0 aliphatic heterocycles. The summed E-state index contributed by atoms with van der Waals surface area (Å²) < 4.78 is 8.56. The number of benzene rings is 1. The number of rotatable bonds is 4. The zero-order valence-corrected chi connectivity index (χ0v) is 17.4. The second kappa shape index (κ2) is 6.86. The maximum atomic E-state index is 13.4. The fourth-order valence-electron chi connectivity index (χ4n) is 3.66. The molecule has 0 N–H and O–H groups in total. The van der Waals surface area contributed by atoms with E-state index in [1.807, 2.05) is 24.3 Å². The summed E-state index contributed by atoms with van der Waals surface area (Å²) in [5.41, 5.74) is 2.38. The monoisotopic (exact) mass is 424 g/mol. The minimum atomic E-state index is -0.248. The second-order valence-corrected chi connectivity index (χ2v) is 8.39. The van der Waals surface area contributed by atoms with Crippen LogP contribution in [0.5, 0.6) is 0 Å². The van der Waals surface area contributed by atoms with E-state index in [-0.39, 0.29) is 5.69 Å². The molecule has 4 heterocycles. The van der Waals surface area contributed by atoms with E-state index >= 15 is 0 Å². The van der Waals surface area contributed by atoms with Crippen LogP contribution < -0.4 is 5.69 Å². The Balaban J connectivity index is 1.85. The van der Waals surface area contributed by atoms with Crippen molar-refractivity contribution in [1.82, 2.24) is 19.2 Å². The average Bonchev–Trinajstić information content (AvgIpc) is 3.44. The van der Waals surface area contributed by atoms with Crippen molar-refractivity contribution < 1.29 is 4.42 Å². The van der Waals surface area contributed by atoms with E-state index in [0.29, 0.717) is 28.8 Å². The van der Waals surface area contributed by atoms with E-state index in [0.717, 1.165) is 22.2 Å². The Morgan fingerprint density at radius 2 is 2.03 bits per heavy atom. The topological polar surface area (TPSA) is 65.3 Å². The summed E-state index contributed by atoms with van der Waals surface area (Å²) in [5.74, 6) is 0.929. The van der Waals surface area contributed by atoms with Crippen LogP contribution in [0.15, 0.2) is 51.9 Å². The summed E-state index contributed by atoms with van der Waals surface area (Å²) in [6.07, 6.45) is 2.41. The Morgan fingerprint density at radius 3 is 2.76 bits per heavy atom. The number of hydrogen-bond donors (Lipinski definition) is 0. The Morgan fingerprint density at radius 1 is 1.21 bits per heavy atom. The molecule has 0 saturated carbocycles. The number of halogens is 1. The van der Waals surface area contributed by atoms with Gasteiger partial charge in [0.05, 0.1) is 18.2 Å². The Bertz CT molecular complexity index is 1410. The van der Waals surface area contributed by atoms with Gasteiger partial charge in [-0.25, -0.2) is 9.78 Å². The summed E-state index contributed by atoms with van der Waals surface area (Å²) in [6.45, 7) is 4.55. The first-order chi connectivity index (χ1) is 14.1. The quantitative estimate of drug-likeness (QED) is 0.410. The first kappa shape index (κ1) is 18.1. The molecular weight excluding hydrogens is 408 g/mol. The molecule has 0 aliphatic rings. The molecular formula is C21H17ClN4O2S. The lowest BCUT2D eigenvalue weighted by atomic mass is 10.1. The Labute approximate surface area is 175 Å². The van der Waals surface area contributed by atoms with Gasteiger partial charge in [0.25, 0.3) is 0 Å². The Hall–Kier alpha value is -2.90. The van der Waals surface area contributed by atoms with Crippen LogP contribution in [0.1, 0.15) is 22.9 Å². The molecule has 8 heteroatoms. The highest BCUT2D eigenvalue weighted by atomic mass is 35.5. The van der Waals surface area contributed by atoms with Crippen molar-refractivity contribution in [3.05, 3.63) is 74.2 Å². The van der Waals surface area contributed by atoms with Gasteiger partial charge in [-0.05, 0) is 42.7 Å². The SMILES string of the molecule is CCc1c(C)sc2c1c1nc(-c3ccco3)nn1c(=O)n2Cc1ccccc1Cl. The van der Waals surface area contributed by atoms with Crippen LogP contribution in [0.4, 0.5) is 0 Å². The summed E-state index contributed by atoms with van der Waals surface area (Å²) in [5, 5.41) is 6.06. The molecule has 0 saturated heterocycles. The molecule has 4 aromatic heterocycles. The van der Waals surface area contributed by atoms with E-state index < -0.39 is 0 Å². The number of nitrogens with zero attached hydrogens (tertiary/aromatic N) is 4. The predicted molar refractivity (Wildman–Crippen MR) is 115 cm³/mol. The lowest BCUT2D eigenvalue weighted by molar-refractivity contribution is 0.576. The summed E-state index contributed by atoms with van der Waals surface area (Å²) in [4.78, 5) is 20.1. The van der Waals surface area contributed by atoms with Crippen molar-refractivity contribution in [1.29, 1.82) is 0 Å². The molecule has 29 heavy (non-hydrogen) atoms. The molecule has 0 amide bonds. The molecule has 5 aromatic rings. The molecule has 0 bridgehead atoms. The van der Waals surface area contributed by atoms with Crippen LogP contribution in [0, 0.1) is 6.92 Å². The lowest BCUT2D eigenvalue weighted by Gasteiger charge is -2.10. The molecule has 146 valence electrons. The zero-order valence-electron chi connectivity index (χ0n) is 15.8. The van der Waals surface area contributed by atoms with Gasteiger partial charge in [-0.1, -0.05) is 36.7 Å². The van der Waals surface area contributed by atoms with E-state index in [1.54, 1.807) is 34.3 Å². The molecule has 0 spiro atoms. The third kappa shape index (κ3) is 2.81. The third-order valence-corrected chi connectivity index (χ3v) is 6.60. The molecule has 6 nitrogen and oxygen atoms in total. The fraction of sp³-hybridized carbons (Fsp3) is 0.190. The average molecular weight is 425 g/mol. The van der Waals surface area contributed by atoms with Crippen LogP contribution in [0.25, 0.3) is 27.4 Å². The molecule has 0 aliphatic carbocycles.